The molecular weight excluding hydrogens is 286 g/mol. The van der Waals surface area contributed by atoms with Gasteiger partial charge >= 0.3 is 0 Å². The summed E-state index contributed by atoms with van der Waals surface area (Å²) < 4.78 is 24.1. The van der Waals surface area contributed by atoms with Crippen LogP contribution in [0.25, 0.3) is 0 Å². The summed E-state index contributed by atoms with van der Waals surface area (Å²) in [6.07, 6.45) is 3.31. The van der Waals surface area contributed by atoms with Gasteiger partial charge in [-0.2, -0.15) is 18.4 Å². The average Bonchev–Trinajstić information content (AvgIpc) is 2.44. The van der Waals surface area contributed by atoms with E-state index in [4.69, 9.17) is 0 Å². The van der Waals surface area contributed by atoms with Gasteiger partial charge < -0.3 is 0 Å². The first kappa shape index (κ1) is 15.9. The molecule has 1 aliphatic rings. The lowest BCUT2D eigenvalue weighted by molar-refractivity contribution is 0.234. The molecule has 5 nitrogen and oxygen atoms in total. The molecule has 0 radical (unpaired) electrons. The second kappa shape index (κ2) is 6.56. The lowest BCUT2D eigenvalue weighted by Crippen LogP contribution is -2.27. The van der Waals surface area contributed by atoms with Gasteiger partial charge in [-0.05, 0) is 37.3 Å². The minimum atomic E-state index is -3.62. The number of rotatable bonds is 4. The Hall–Kier alpha value is -1.43. The Morgan fingerprint density at radius 3 is 2.48 bits per heavy atom. The maximum atomic E-state index is 12.1. The lowest BCUT2D eigenvalue weighted by Gasteiger charge is -2.30. The van der Waals surface area contributed by atoms with E-state index in [2.05, 4.69) is 29.0 Å². The molecule has 0 heterocycles. The highest BCUT2D eigenvalue weighted by Gasteiger charge is 2.27. The Morgan fingerprint density at radius 1 is 1.14 bits per heavy atom. The van der Waals surface area contributed by atoms with Gasteiger partial charge in [0.1, 0.15) is 0 Å². The topological polar surface area (TPSA) is 70.9 Å². The summed E-state index contributed by atoms with van der Waals surface area (Å²) in [5.41, 5.74) is 1.01. The molecule has 21 heavy (non-hydrogen) atoms. The minimum Gasteiger partial charge on any atom is -0.200 e. The number of hydrogen-bond acceptors (Lipinski definition) is 4. The van der Waals surface area contributed by atoms with E-state index in [1.54, 1.807) is 24.3 Å². The maximum absolute atomic E-state index is 12.1. The van der Waals surface area contributed by atoms with Crippen LogP contribution in [-0.4, -0.2) is 14.5 Å². The Kier molecular flexibility index (Phi) is 4.98. The van der Waals surface area contributed by atoms with Gasteiger partial charge in [0.05, 0.1) is 10.9 Å². The van der Waals surface area contributed by atoms with Gasteiger partial charge in [0.2, 0.25) is 0 Å². The van der Waals surface area contributed by atoms with Gasteiger partial charge in [-0.3, -0.25) is 0 Å². The predicted octanol–water partition coefficient (Wildman–Crippen LogP) is 3.47. The second-order valence-electron chi connectivity index (χ2n) is 5.96. The van der Waals surface area contributed by atoms with E-state index in [0.29, 0.717) is 11.8 Å². The van der Waals surface area contributed by atoms with E-state index < -0.39 is 10.0 Å². The molecule has 3 atom stereocenters. The van der Waals surface area contributed by atoms with Crippen molar-refractivity contribution in [2.45, 2.75) is 51.0 Å². The van der Waals surface area contributed by atoms with Crippen LogP contribution in [0, 0.1) is 18.8 Å². The summed E-state index contributed by atoms with van der Waals surface area (Å²) in [7, 11) is -3.62. The quantitative estimate of drug-likeness (QED) is 0.683. The van der Waals surface area contributed by atoms with Gasteiger partial charge in [0.25, 0.3) is 10.0 Å². The molecule has 1 saturated carbocycles. The van der Waals surface area contributed by atoms with Crippen LogP contribution in [0.5, 0.6) is 0 Å². The number of aryl methyl sites for hydroxylation is 1. The van der Waals surface area contributed by atoms with Gasteiger partial charge in [0.15, 0.2) is 0 Å². The van der Waals surface area contributed by atoms with Crippen molar-refractivity contribution in [1.82, 2.24) is 4.83 Å². The van der Waals surface area contributed by atoms with Gasteiger partial charge in [0, 0.05) is 0 Å². The Balaban J connectivity index is 2.01. The molecule has 116 valence electrons. The van der Waals surface area contributed by atoms with Crippen LogP contribution >= 0.6 is 0 Å². The first-order chi connectivity index (χ1) is 9.90. The highest BCUT2D eigenvalue weighted by molar-refractivity contribution is 7.89. The van der Waals surface area contributed by atoms with Crippen LogP contribution in [0.2, 0.25) is 0 Å². The minimum absolute atomic E-state index is 0.106. The standard InChI is InChI=1S/C15H23N3O2S/c1-11-7-9-14(10-8-11)21(19,20)18-17-16-15-6-4-5-12(2)13(15)3/h7-10,12-13,15H,4-6H2,1-3H3,(H,16,18)/t12-,13+,15?/m1/s1. The van der Waals surface area contributed by atoms with E-state index in [1.165, 1.54) is 6.42 Å². The van der Waals surface area contributed by atoms with Crippen LogP contribution in [0.4, 0.5) is 0 Å². The van der Waals surface area contributed by atoms with Crippen molar-refractivity contribution in [1.29, 1.82) is 0 Å². The Labute approximate surface area is 126 Å². The number of benzene rings is 1. The van der Waals surface area contributed by atoms with E-state index in [9.17, 15) is 8.42 Å². The van der Waals surface area contributed by atoms with Gasteiger partial charge in [-0.25, -0.2) is 0 Å². The molecule has 1 aromatic rings. The summed E-state index contributed by atoms with van der Waals surface area (Å²) in [4.78, 5) is 2.41. The van der Waals surface area contributed by atoms with Crippen molar-refractivity contribution in [3.8, 4) is 0 Å². The molecule has 1 N–H and O–H groups in total. The molecule has 6 heteroatoms. The van der Waals surface area contributed by atoms with Crippen LogP contribution in [-0.2, 0) is 10.0 Å². The fraction of sp³-hybridized carbons (Fsp3) is 0.600. The van der Waals surface area contributed by atoms with Crippen molar-refractivity contribution >= 4 is 10.0 Å². The third kappa shape index (κ3) is 4.03. The summed E-state index contributed by atoms with van der Waals surface area (Å²) in [6, 6.07) is 6.76. The maximum Gasteiger partial charge on any atom is 0.277 e. The van der Waals surface area contributed by atoms with Crippen LogP contribution in [0.3, 0.4) is 0 Å². The van der Waals surface area contributed by atoms with E-state index in [0.717, 1.165) is 18.4 Å². The lowest BCUT2D eigenvalue weighted by atomic mass is 9.78. The normalized spacial score (nSPS) is 26.9. The fourth-order valence-corrected chi connectivity index (χ4v) is 3.39. The molecule has 0 amide bonds. The summed E-state index contributed by atoms with van der Waals surface area (Å²) in [5, 5.41) is 7.92. The third-order valence-corrected chi connectivity index (χ3v) is 5.58. The van der Waals surface area contributed by atoms with E-state index in [1.807, 2.05) is 6.92 Å². The highest BCUT2D eigenvalue weighted by Crippen LogP contribution is 2.31. The van der Waals surface area contributed by atoms with Crippen molar-refractivity contribution in [3.63, 3.8) is 0 Å². The van der Waals surface area contributed by atoms with Crippen LogP contribution in [0.1, 0.15) is 38.7 Å². The molecule has 1 fully saturated rings. The van der Waals surface area contributed by atoms with Crippen molar-refractivity contribution in [3.05, 3.63) is 29.8 Å². The number of nitrogens with one attached hydrogen (secondary N) is 1. The van der Waals surface area contributed by atoms with Gasteiger partial charge in [-0.1, -0.05) is 49.6 Å². The number of nitrogens with zero attached hydrogens (tertiary/aromatic N) is 2. The fourth-order valence-electron chi connectivity index (χ4n) is 2.64. The second-order valence-corrected chi connectivity index (χ2v) is 7.62. The molecule has 0 bridgehead atoms. The predicted molar refractivity (Wildman–Crippen MR) is 82.3 cm³/mol. The first-order valence-electron chi connectivity index (χ1n) is 7.38. The molecule has 0 aliphatic heterocycles. The Morgan fingerprint density at radius 2 is 1.81 bits per heavy atom. The smallest absolute Gasteiger partial charge is 0.200 e. The molecule has 0 aromatic heterocycles. The van der Waals surface area contributed by atoms with E-state index >= 15 is 0 Å². The molecule has 1 aromatic carbocycles. The van der Waals surface area contributed by atoms with Gasteiger partial charge in [-0.15, -0.1) is 0 Å². The summed E-state index contributed by atoms with van der Waals surface area (Å²) >= 11 is 0. The van der Waals surface area contributed by atoms with Crippen LogP contribution < -0.4 is 4.83 Å². The highest BCUT2D eigenvalue weighted by atomic mass is 32.2. The largest absolute Gasteiger partial charge is 0.277 e. The van der Waals surface area contributed by atoms with Crippen molar-refractivity contribution in [2.75, 3.05) is 0 Å². The zero-order chi connectivity index (χ0) is 15.5. The first-order valence-corrected chi connectivity index (χ1v) is 8.87. The zero-order valence-corrected chi connectivity index (χ0v) is 13.6. The molecule has 1 unspecified atom stereocenters. The molecule has 0 saturated heterocycles. The van der Waals surface area contributed by atoms with E-state index in [-0.39, 0.29) is 10.9 Å². The third-order valence-electron chi connectivity index (χ3n) is 4.36. The molecule has 1 aliphatic carbocycles. The number of hydrogen-bond donors (Lipinski definition) is 1. The van der Waals surface area contributed by atoms with Crippen molar-refractivity contribution < 1.29 is 8.42 Å². The molecular formula is C15H23N3O2S. The Bertz CT molecular complexity index is 596. The molecule has 0 spiro atoms. The molecule has 2 rings (SSSR count). The summed E-state index contributed by atoms with van der Waals surface area (Å²) in [5.74, 6) is 1.04. The zero-order valence-electron chi connectivity index (χ0n) is 12.8. The summed E-state index contributed by atoms with van der Waals surface area (Å²) in [6.45, 7) is 6.28. The number of sulfonamides is 1. The average molecular weight is 309 g/mol. The van der Waals surface area contributed by atoms with Crippen LogP contribution in [0.15, 0.2) is 39.5 Å². The SMILES string of the molecule is Cc1ccc(S(=O)(=O)NN=NC2CCC[C@@H](C)[C@@H]2C)cc1. The monoisotopic (exact) mass is 309 g/mol. The van der Waals surface area contributed by atoms with Crippen molar-refractivity contribution in [2.24, 2.45) is 22.2 Å².